The lowest BCUT2D eigenvalue weighted by Crippen LogP contribution is -2.50. The Kier molecular flexibility index (Phi) is 5.76. The van der Waals surface area contributed by atoms with Gasteiger partial charge in [0, 0.05) is 24.7 Å². The van der Waals surface area contributed by atoms with E-state index >= 15 is 0 Å². The Morgan fingerprint density at radius 1 is 1.17 bits per heavy atom. The van der Waals surface area contributed by atoms with Crippen LogP contribution in [-0.4, -0.2) is 36.3 Å². The zero-order chi connectivity index (χ0) is 17.8. The molecule has 23 heavy (non-hydrogen) atoms. The summed E-state index contributed by atoms with van der Waals surface area (Å²) < 4.78 is 44.0. The largest absolute Gasteiger partial charge is 0.463 e. The molecule has 0 radical (unpaired) electrons. The van der Waals surface area contributed by atoms with Gasteiger partial charge in [-0.05, 0) is 26.0 Å². The second-order valence-electron chi connectivity index (χ2n) is 4.74. The molecule has 0 spiro atoms. The lowest BCUT2D eigenvalue weighted by molar-refractivity contribution is -0.267. The fourth-order valence-electron chi connectivity index (χ4n) is 2.10. The fourth-order valence-corrected chi connectivity index (χ4v) is 2.10. The molecule has 1 atom stereocenters. The molecule has 0 aromatic heterocycles. The van der Waals surface area contributed by atoms with Crippen molar-refractivity contribution in [2.75, 3.05) is 18.1 Å². The highest BCUT2D eigenvalue weighted by molar-refractivity contribution is 5.91. The minimum atomic E-state index is -5.24. The van der Waals surface area contributed by atoms with E-state index < -0.39 is 23.3 Å². The molecule has 0 bridgehead atoms. The summed E-state index contributed by atoms with van der Waals surface area (Å²) in [6, 6.07) is 4.36. The number of anilines is 1. The van der Waals surface area contributed by atoms with Crippen molar-refractivity contribution in [3.63, 3.8) is 0 Å². The molecule has 1 N–H and O–H groups in total. The third-order valence-electron chi connectivity index (χ3n) is 3.27. The number of aliphatic hydroxyl groups is 1. The minimum Gasteiger partial charge on any atom is -0.463 e. The Morgan fingerprint density at radius 3 is 2.04 bits per heavy atom. The maximum atomic E-state index is 13.2. The molecule has 0 fully saturated rings. The van der Waals surface area contributed by atoms with Crippen molar-refractivity contribution in [3.05, 3.63) is 29.8 Å². The average Bonchev–Trinajstić information content (AvgIpc) is 2.46. The molecule has 1 unspecified atom stereocenters. The molecule has 1 aromatic rings. The maximum absolute atomic E-state index is 13.2. The van der Waals surface area contributed by atoms with E-state index in [9.17, 15) is 27.9 Å². The Bertz CT molecular complexity index is 571. The molecule has 1 rings (SSSR count). The van der Waals surface area contributed by atoms with E-state index in [1.807, 2.05) is 0 Å². The van der Waals surface area contributed by atoms with Crippen molar-refractivity contribution in [1.82, 2.24) is 0 Å². The second kappa shape index (κ2) is 6.99. The van der Waals surface area contributed by atoms with E-state index in [0.717, 1.165) is 12.1 Å². The van der Waals surface area contributed by atoms with Gasteiger partial charge in [-0.2, -0.15) is 13.2 Å². The van der Waals surface area contributed by atoms with Gasteiger partial charge in [-0.1, -0.05) is 12.1 Å². The number of hydrogen-bond acceptors (Lipinski definition) is 4. The van der Waals surface area contributed by atoms with E-state index in [4.69, 9.17) is 0 Å². The molecule has 0 saturated carbocycles. The summed E-state index contributed by atoms with van der Waals surface area (Å²) in [6.45, 7) is 4.39. The number of rotatable bonds is 5. The van der Waals surface area contributed by atoms with Gasteiger partial charge in [0.1, 0.15) is 0 Å². The number of alkyl halides is 3. The summed E-state index contributed by atoms with van der Waals surface area (Å²) in [5, 5.41) is 9.93. The number of carbonyl (C=O) groups is 2. The lowest BCUT2D eigenvalue weighted by Gasteiger charge is -2.29. The zero-order valence-corrected chi connectivity index (χ0v) is 13.0. The van der Waals surface area contributed by atoms with Gasteiger partial charge in [0.15, 0.2) is 0 Å². The fraction of sp³-hybridized carbons (Fsp3) is 0.467. The number of hydrogen-bond donors (Lipinski definition) is 1. The molecule has 5 nitrogen and oxygen atoms in total. The Hall–Kier alpha value is -2.09. The smallest absolute Gasteiger partial charge is 0.432 e. The molecule has 0 aliphatic carbocycles. The molecular weight excluding hydrogens is 315 g/mol. The van der Waals surface area contributed by atoms with Crippen LogP contribution in [0.15, 0.2) is 24.3 Å². The molecule has 0 aliphatic heterocycles. The van der Waals surface area contributed by atoms with Crippen molar-refractivity contribution in [2.45, 2.75) is 32.5 Å². The topological polar surface area (TPSA) is 66.8 Å². The zero-order valence-electron chi connectivity index (χ0n) is 13.0. The molecule has 1 amide bonds. The first-order valence-electron chi connectivity index (χ1n) is 6.94. The van der Waals surface area contributed by atoms with Gasteiger partial charge in [0.2, 0.25) is 5.91 Å². The third kappa shape index (κ3) is 3.64. The SMILES string of the molecule is CCOC(=O)C(O)(c1ccc(N(CC)C(C)=O)cc1)C(F)(F)F. The van der Waals surface area contributed by atoms with Gasteiger partial charge in [0.25, 0.3) is 5.60 Å². The Labute approximate surface area is 131 Å². The van der Waals surface area contributed by atoms with Crippen LogP contribution < -0.4 is 4.90 Å². The van der Waals surface area contributed by atoms with Gasteiger partial charge in [-0.25, -0.2) is 4.79 Å². The van der Waals surface area contributed by atoms with E-state index in [2.05, 4.69) is 4.74 Å². The molecule has 128 valence electrons. The number of carbonyl (C=O) groups excluding carboxylic acids is 2. The number of halogens is 3. The molecule has 0 heterocycles. The first-order chi connectivity index (χ1) is 10.6. The van der Waals surface area contributed by atoms with Crippen LogP contribution in [0.4, 0.5) is 18.9 Å². The van der Waals surface area contributed by atoms with Crippen LogP contribution in [0.5, 0.6) is 0 Å². The first kappa shape index (κ1) is 19.0. The van der Waals surface area contributed by atoms with Crippen LogP contribution in [-0.2, 0) is 19.9 Å². The van der Waals surface area contributed by atoms with E-state index in [1.54, 1.807) is 6.92 Å². The minimum absolute atomic E-state index is 0.281. The molecular formula is C15H18F3NO4. The van der Waals surface area contributed by atoms with Crippen LogP contribution in [0.1, 0.15) is 26.3 Å². The van der Waals surface area contributed by atoms with Gasteiger partial charge >= 0.3 is 12.1 Å². The van der Waals surface area contributed by atoms with Crippen LogP contribution in [0.25, 0.3) is 0 Å². The van der Waals surface area contributed by atoms with Crippen LogP contribution in [0, 0.1) is 0 Å². The van der Waals surface area contributed by atoms with Gasteiger partial charge in [-0.15, -0.1) is 0 Å². The summed E-state index contributed by atoms with van der Waals surface area (Å²) in [5.41, 5.74) is -4.07. The number of nitrogens with zero attached hydrogens (tertiary/aromatic N) is 1. The number of amides is 1. The molecule has 0 saturated heterocycles. The standard InChI is InChI=1S/C15H18F3NO4/c1-4-19(10(3)20)12-8-6-11(7-9-12)14(22,15(16,17)18)13(21)23-5-2/h6-9,22H,4-5H2,1-3H3. The van der Waals surface area contributed by atoms with Crippen molar-refractivity contribution < 1.29 is 32.6 Å². The summed E-state index contributed by atoms with van der Waals surface area (Å²) in [5.74, 6) is -2.07. The Morgan fingerprint density at radius 2 is 1.70 bits per heavy atom. The summed E-state index contributed by atoms with van der Waals surface area (Å²) >= 11 is 0. The maximum Gasteiger partial charge on any atom is 0.432 e. The number of esters is 1. The van der Waals surface area contributed by atoms with E-state index in [1.165, 1.54) is 30.9 Å². The Balaban J connectivity index is 3.30. The molecule has 1 aromatic carbocycles. The first-order valence-corrected chi connectivity index (χ1v) is 6.94. The predicted molar refractivity (Wildman–Crippen MR) is 76.7 cm³/mol. The van der Waals surface area contributed by atoms with Gasteiger partial charge in [-0.3, -0.25) is 4.79 Å². The number of benzene rings is 1. The monoisotopic (exact) mass is 333 g/mol. The van der Waals surface area contributed by atoms with Crippen molar-refractivity contribution in [3.8, 4) is 0 Å². The predicted octanol–water partition coefficient (Wildman–Crippen LogP) is 2.37. The highest BCUT2D eigenvalue weighted by atomic mass is 19.4. The summed E-state index contributed by atoms with van der Waals surface area (Å²) in [6.07, 6.45) is -5.24. The van der Waals surface area contributed by atoms with E-state index in [0.29, 0.717) is 12.2 Å². The van der Waals surface area contributed by atoms with Crippen LogP contribution >= 0.6 is 0 Å². The van der Waals surface area contributed by atoms with Gasteiger partial charge in [0.05, 0.1) is 6.61 Å². The third-order valence-corrected chi connectivity index (χ3v) is 3.27. The van der Waals surface area contributed by atoms with Gasteiger partial charge < -0.3 is 14.7 Å². The van der Waals surface area contributed by atoms with Crippen molar-refractivity contribution in [1.29, 1.82) is 0 Å². The molecule has 8 heteroatoms. The van der Waals surface area contributed by atoms with Crippen LogP contribution in [0.3, 0.4) is 0 Å². The van der Waals surface area contributed by atoms with Crippen molar-refractivity contribution >= 4 is 17.6 Å². The highest BCUT2D eigenvalue weighted by Gasteiger charge is 2.62. The van der Waals surface area contributed by atoms with E-state index in [-0.39, 0.29) is 12.5 Å². The molecule has 0 aliphatic rings. The average molecular weight is 333 g/mol. The summed E-state index contributed by atoms with van der Waals surface area (Å²) in [4.78, 5) is 24.4. The summed E-state index contributed by atoms with van der Waals surface area (Å²) in [7, 11) is 0. The number of ether oxygens (including phenoxy) is 1. The second-order valence-corrected chi connectivity index (χ2v) is 4.74. The lowest BCUT2D eigenvalue weighted by atomic mass is 9.93. The highest BCUT2D eigenvalue weighted by Crippen LogP contribution is 2.40. The van der Waals surface area contributed by atoms with Crippen LogP contribution in [0.2, 0.25) is 0 Å². The quantitative estimate of drug-likeness (QED) is 0.840. The normalized spacial score (nSPS) is 14.0. The van der Waals surface area contributed by atoms with Crippen molar-refractivity contribution in [2.24, 2.45) is 0 Å².